The molecule has 1 aromatic carbocycles. The average molecular weight is 532 g/mol. The Bertz CT molecular complexity index is 1050. The Morgan fingerprint density at radius 2 is 1.55 bits per heavy atom. The second-order valence-electron chi connectivity index (χ2n) is 7.58. The molecule has 0 heterocycles. The van der Waals surface area contributed by atoms with Crippen molar-refractivity contribution in [3.8, 4) is 0 Å². The van der Waals surface area contributed by atoms with Crippen molar-refractivity contribution < 1.29 is 52.0 Å². The van der Waals surface area contributed by atoms with E-state index in [0.717, 1.165) is 0 Å². The lowest BCUT2D eigenvalue weighted by atomic mass is 9.81. The number of hydrogen-bond acceptors (Lipinski definition) is 4. The zero-order valence-corrected chi connectivity index (χ0v) is 18.4. The fourth-order valence-corrected chi connectivity index (χ4v) is 6.37. The molecule has 190 valence electrons. The van der Waals surface area contributed by atoms with Crippen molar-refractivity contribution in [2.45, 2.75) is 61.0 Å². The summed E-state index contributed by atoms with van der Waals surface area (Å²) < 4.78 is 153. The van der Waals surface area contributed by atoms with Crippen LogP contribution >= 0.6 is 0 Å². The van der Waals surface area contributed by atoms with Crippen LogP contribution in [0.4, 0.5) is 35.1 Å². The van der Waals surface area contributed by atoms with Crippen molar-refractivity contribution in [1.29, 1.82) is 0 Å². The summed E-state index contributed by atoms with van der Waals surface area (Å²) in [5, 5.41) is 0. The summed E-state index contributed by atoms with van der Waals surface area (Å²) in [6.07, 6.45) is -8.72. The summed E-state index contributed by atoms with van der Waals surface area (Å²) in [6, 6.07) is 0.592. The van der Waals surface area contributed by atoms with Gasteiger partial charge in [0.25, 0.3) is 0 Å². The SMILES string of the molecule is O=S(=O)(NC1CCC(c2cc(F)ccc2F)(S(=O)(=O)NCCCC(F)(F)F)CC1)C(F)(F)F. The largest absolute Gasteiger partial charge is 0.511 e. The second kappa shape index (κ2) is 9.62. The van der Waals surface area contributed by atoms with Gasteiger partial charge in [-0.05, 0) is 50.3 Å². The Kier molecular flexibility index (Phi) is 8.08. The molecule has 0 atom stereocenters. The van der Waals surface area contributed by atoms with E-state index in [4.69, 9.17) is 0 Å². The zero-order chi connectivity index (χ0) is 25.3. The van der Waals surface area contributed by atoms with Crippen LogP contribution in [0.3, 0.4) is 0 Å². The molecule has 1 aliphatic carbocycles. The van der Waals surface area contributed by atoms with E-state index >= 15 is 0 Å². The number of rotatable bonds is 8. The van der Waals surface area contributed by atoms with Crippen LogP contribution in [-0.4, -0.2) is 41.1 Å². The van der Waals surface area contributed by atoms with Gasteiger partial charge >= 0.3 is 21.7 Å². The third-order valence-corrected chi connectivity index (χ3v) is 8.78. The molecule has 1 aromatic rings. The zero-order valence-electron chi connectivity index (χ0n) is 16.7. The second-order valence-corrected chi connectivity index (χ2v) is 11.4. The van der Waals surface area contributed by atoms with Gasteiger partial charge in [0.1, 0.15) is 16.4 Å². The molecule has 0 aromatic heterocycles. The Morgan fingerprint density at radius 3 is 2.06 bits per heavy atom. The summed E-state index contributed by atoms with van der Waals surface area (Å²) in [7, 11) is -10.4. The Labute approximate surface area is 184 Å². The van der Waals surface area contributed by atoms with E-state index in [2.05, 4.69) is 0 Å². The van der Waals surface area contributed by atoms with Crippen LogP contribution in [0.5, 0.6) is 0 Å². The molecule has 6 nitrogen and oxygen atoms in total. The van der Waals surface area contributed by atoms with Crippen LogP contribution in [0.25, 0.3) is 0 Å². The molecule has 0 saturated heterocycles. The van der Waals surface area contributed by atoms with E-state index < -0.39 is 105 Å². The lowest BCUT2D eigenvalue weighted by Crippen LogP contribution is -2.51. The first-order valence-corrected chi connectivity index (χ1v) is 12.5. The molecule has 0 bridgehead atoms. The molecule has 0 aliphatic heterocycles. The third kappa shape index (κ3) is 6.54. The van der Waals surface area contributed by atoms with Gasteiger partial charge in [-0.25, -0.2) is 35.1 Å². The van der Waals surface area contributed by atoms with Crippen molar-refractivity contribution in [1.82, 2.24) is 9.44 Å². The predicted octanol–water partition coefficient (Wildman–Crippen LogP) is 3.80. The summed E-state index contributed by atoms with van der Waals surface area (Å²) in [4.78, 5) is 0. The van der Waals surface area contributed by atoms with Gasteiger partial charge in [-0.2, -0.15) is 26.3 Å². The maximum atomic E-state index is 14.5. The smallest absolute Gasteiger partial charge is 0.214 e. The van der Waals surface area contributed by atoms with Crippen LogP contribution in [0.15, 0.2) is 18.2 Å². The summed E-state index contributed by atoms with van der Waals surface area (Å²) in [5.41, 5.74) is -6.26. The van der Waals surface area contributed by atoms with Gasteiger partial charge in [0, 0.05) is 24.6 Å². The Hall–Kier alpha value is -1.52. The van der Waals surface area contributed by atoms with Crippen LogP contribution in [0.1, 0.15) is 44.1 Å². The number of halogens is 8. The first-order chi connectivity index (χ1) is 14.9. The highest BCUT2D eigenvalue weighted by molar-refractivity contribution is 7.90. The maximum absolute atomic E-state index is 14.5. The lowest BCUT2D eigenvalue weighted by molar-refractivity contribution is -0.135. The first-order valence-electron chi connectivity index (χ1n) is 9.50. The molecule has 2 rings (SSSR count). The molecule has 1 fully saturated rings. The van der Waals surface area contributed by atoms with Crippen molar-refractivity contribution in [3.63, 3.8) is 0 Å². The molecule has 0 amide bonds. The molecule has 1 aliphatic rings. The molecule has 2 N–H and O–H groups in total. The van der Waals surface area contributed by atoms with Gasteiger partial charge < -0.3 is 0 Å². The molecule has 0 spiro atoms. The lowest BCUT2D eigenvalue weighted by Gasteiger charge is -2.40. The normalized spacial score (nSPS) is 23.0. The van der Waals surface area contributed by atoms with E-state index in [0.29, 0.717) is 18.2 Å². The highest BCUT2D eigenvalue weighted by atomic mass is 32.2. The van der Waals surface area contributed by atoms with Crippen LogP contribution in [0, 0.1) is 11.6 Å². The minimum Gasteiger partial charge on any atom is -0.214 e. The van der Waals surface area contributed by atoms with E-state index in [1.807, 2.05) is 4.72 Å². The minimum absolute atomic E-state index is 0.491. The van der Waals surface area contributed by atoms with Gasteiger partial charge in [-0.3, -0.25) is 0 Å². The molecule has 16 heteroatoms. The Balaban J connectivity index is 2.32. The molecular weight excluding hydrogens is 512 g/mol. The summed E-state index contributed by atoms with van der Waals surface area (Å²) in [5.74, 6) is -2.16. The standard InChI is InChI=1S/C17H20F8N2O4S2/c18-11-2-3-14(19)13(10-11)15(32(28,29)26-9-1-6-16(20,21)22)7-4-12(5-8-15)27-33(30,31)17(23,24)25/h2-3,10,12,26-27H,1,4-9H2. The van der Waals surface area contributed by atoms with Crippen LogP contribution in [0.2, 0.25) is 0 Å². The third-order valence-electron chi connectivity index (χ3n) is 5.28. The first kappa shape index (κ1) is 27.7. The highest BCUT2D eigenvalue weighted by Gasteiger charge is 2.52. The van der Waals surface area contributed by atoms with Crippen LogP contribution in [-0.2, 0) is 24.8 Å². The summed E-state index contributed by atoms with van der Waals surface area (Å²) in [6.45, 7) is -0.676. The molecular formula is C17H20F8N2O4S2. The maximum Gasteiger partial charge on any atom is 0.511 e. The van der Waals surface area contributed by atoms with Gasteiger partial charge in [0.15, 0.2) is 0 Å². The van der Waals surface area contributed by atoms with Crippen LogP contribution < -0.4 is 9.44 Å². The van der Waals surface area contributed by atoms with E-state index in [-0.39, 0.29) is 0 Å². The van der Waals surface area contributed by atoms with Gasteiger partial charge in [0.05, 0.1) is 0 Å². The molecule has 1 saturated carbocycles. The van der Waals surface area contributed by atoms with E-state index in [9.17, 15) is 52.0 Å². The van der Waals surface area contributed by atoms with Crippen molar-refractivity contribution >= 4 is 20.0 Å². The van der Waals surface area contributed by atoms with Gasteiger partial charge in [-0.1, -0.05) is 0 Å². The van der Waals surface area contributed by atoms with Crippen molar-refractivity contribution in [3.05, 3.63) is 35.4 Å². The fourth-order valence-electron chi connectivity index (χ4n) is 3.65. The topological polar surface area (TPSA) is 92.3 Å². The number of sulfonamides is 2. The van der Waals surface area contributed by atoms with E-state index in [1.165, 1.54) is 4.72 Å². The Morgan fingerprint density at radius 1 is 0.970 bits per heavy atom. The number of hydrogen-bond donors (Lipinski definition) is 2. The molecule has 33 heavy (non-hydrogen) atoms. The molecule has 0 unspecified atom stereocenters. The number of benzene rings is 1. The average Bonchev–Trinajstić information content (AvgIpc) is 2.66. The van der Waals surface area contributed by atoms with Crippen molar-refractivity contribution in [2.24, 2.45) is 0 Å². The quantitative estimate of drug-likeness (QED) is 0.394. The van der Waals surface area contributed by atoms with Crippen molar-refractivity contribution in [2.75, 3.05) is 6.54 Å². The predicted molar refractivity (Wildman–Crippen MR) is 101 cm³/mol. The highest BCUT2D eigenvalue weighted by Crippen LogP contribution is 2.45. The monoisotopic (exact) mass is 532 g/mol. The number of nitrogens with one attached hydrogen (secondary N) is 2. The summed E-state index contributed by atoms with van der Waals surface area (Å²) >= 11 is 0. The van der Waals surface area contributed by atoms with Gasteiger partial charge in [-0.15, -0.1) is 0 Å². The van der Waals surface area contributed by atoms with Gasteiger partial charge in [0.2, 0.25) is 10.0 Å². The van der Waals surface area contributed by atoms with E-state index in [1.54, 1.807) is 0 Å². The molecule has 0 radical (unpaired) electrons. The minimum atomic E-state index is -5.74. The number of alkyl halides is 6. The fraction of sp³-hybridized carbons (Fsp3) is 0.647.